The van der Waals surface area contributed by atoms with Crippen LogP contribution >= 0.6 is 11.8 Å². The van der Waals surface area contributed by atoms with Crippen molar-refractivity contribution in [1.82, 2.24) is 4.90 Å². The molecular formula is C22H24N2O2S. The summed E-state index contributed by atoms with van der Waals surface area (Å²) >= 11 is 1.80. The Bertz CT molecular complexity index is 848. The van der Waals surface area contributed by atoms with Crippen LogP contribution in [-0.2, 0) is 9.59 Å². The topological polar surface area (TPSA) is 40.6 Å². The van der Waals surface area contributed by atoms with Gasteiger partial charge in [-0.15, -0.1) is 11.8 Å². The summed E-state index contributed by atoms with van der Waals surface area (Å²) < 4.78 is 0. The Balaban J connectivity index is 1.50. The third-order valence-corrected chi connectivity index (χ3v) is 6.62. The minimum atomic E-state index is -0.259. The van der Waals surface area contributed by atoms with Crippen LogP contribution in [0, 0.1) is 19.8 Å². The van der Waals surface area contributed by atoms with Crippen molar-refractivity contribution in [1.29, 1.82) is 0 Å². The Kier molecular flexibility index (Phi) is 4.96. The van der Waals surface area contributed by atoms with Crippen molar-refractivity contribution in [3.8, 4) is 0 Å². The molecule has 5 heteroatoms. The number of anilines is 1. The molecule has 2 unspecified atom stereocenters. The summed E-state index contributed by atoms with van der Waals surface area (Å²) in [5.41, 5.74) is 4.42. The first kappa shape index (κ1) is 18.1. The fourth-order valence-corrected chi connectivity index (χ4v) is 5.05. The predicted octanol–water partition coefficient (Wildman–Crippen LogP) is 3.93. The van der Waals surface area contributed by atoms with Gasteiger partial charge < -0.3 is 9.80 Å². The molecular weight excluding hydrogens is 356 g/mol. The molecule has 4 nitrogen and oxygen atoms in total. The van der Waals surface area contributed by atoms with E-state index in [0.29, 0.717) is 13.0 Å². The second-order valence-electron chi connectivity index (χ2n) is 7.41. The highest BCUT2D eigenvalue weighted by Gasteiger charge is 2.40. The lowest BCUT2D eigenvalue weighted by atomic mass is 10.1. The number of amides is 2. The quantitative estimate of drug-likeness (QED) is 0.810. The van der Waals surface area contributed by atoms with Gasteiger partial charge in [0.25, 0.3) is 0 Å². The van der Waals surface area contributed by atoms with Gasteiger partial charge in [-0.3, -0.25) is 9.59 Å². The van der Waals surface area contributed by atoms with Crippen molar-refractivity contribution in [2.75, 3.05) is 23.7 Å². The second-order valence-corrected chi connectivity index (χ2v) is 8.59. The minimum Gasteiger partial charge on any atom is -0.325 e. The molecule has 0 aliphatic carbocycles. The largest absolute Gasteiger partial charge is 0.325 e. The molecule has 0 bridgehead atoms. The number of thioether (sulfide) groups is 1. The zero-order valence-electron chi connectivity index (χ0n) is 15.7. The zero-order chi connectivity index (χ0) is 19.0. The maximum atomic E-state index is 13.2. The SMILES string of the molecule is Cc1ccc(C2SCCN2C(=O)C2CC(=O)N(c3ccc(C)cc3)C2)cc1. The molecule has 0 saturated carbocycles. The van der Waals surface area contributed by atoms with Gasteiger partial charge in [-0.1, -0.05) is 47.5 Å². The third kappa shape index (κ3) is 3.61. The molecule has 140 valence electrons. The number of rotatable bonds is 3. The van der Waals surface area contributed by atoms with Gasteiger partial charge in [0, 0.05) is 31.0 Å². The highest BCUT2D eigenvalue weighted by Crippen LogP contribution is 2.40. The van der Waals surface area contributed by atoms with E-state index in [9.17, 15) is 9.59 Å². The number of carbonyl (C=O) groups is 2. The summed E-state index contributed by atoms with van der Waals surface area (Å²) in [7, 11) is 0. The highest BCUT2D eigenvalue weighted by atomic mass is 32.2. The van der Waals surface area contributed by atoms with Crippen LogP contribution in [-0.4, -0.2) is 35.6 Å². The molecule has 4 rings (SSSR count). The van der Waals surface area contributed by atoms with Crippen molar-refractivity contribution in [2.45, 2.75) is 25.6 Å². The molecule has 0 aromatic heterocycles. The Hall–Kier alpha value is -2.27. The Morgan fingerprint density at radius 1 is 1.00 bits per heavy atom. The molecule has 0 radical (unpaired) electrons. The van der Waals surface area contributed by atoms with Crippen LogP contribution in [0.25, 0.3) is 0 Å². The number of nitrogens with zero attached hydrogens (tertiary/aromatic N) is 2. The van der Waals surface area contributed by atoms with E-state index < -0.39 is 0 Å². The van der Waals surface area contributed by atoms with Crippen LogP contribution < -0.4 is 4.90 Å². The van der Waals surface area contributed by atoms with Crippen LogP contribution in [0.3, 0.4) is 0 Å². The summed E-state index contributed by atoms with van der Waals surface area (Å²) in [6.45, 7) is 5.32. The van der Waals surface area contributed by atoms with E-state index in [2.05, 4.69) is 31.2 Å². The van der Waals surface area contributed by atoms with Gasteiger partial charge in [0.2, 0.25) is 11.8 Å². The Labute approximate surface area is 164 Å². The highest BCUT2D eigenvalue weighted by molar-refractivity contribution is 7.99. The van der Waals surface area contributed by atoms with Crippen LogP contribution in [0.15, 0.2) is 48.5 Å². The maximum Gasteiger partial charge on any atom is 0.229 e. The first-order valence-electron chi connectivity index (χ1n) is 9.38. The average molecular weight is 381 g/mol. The number of benzene rings is 2. The Morgan fingerprint density at radius 2 is 1.63 bits per heavy atom. The molecule has 2 fully saturated rings. The Morgan fingerprint density at radius 3 is 2.30 bits per heavy atom. The van der Waals surface area contributed by atoms with Crippen molar-refractivity contribution in [3.63, 3.8) is 0 Å². The molecule has 2 atom stereocenters. The minimum absolute atomic E-state index is 0.0379. The average Bonchev–Trinajstić information content (AvgIpc) is 3.30. The monoisotopic (exact) mass is 380 g/mol. The van der Waals surface area contributed by atoms with Crippen molar-refractivity contribution < 1.29 is 9.59 Å². The van der Waals surface area contributed by atoms with Crippen LogP contribution in [0.5, 0.6) is 0 Å². The van der Waals surface area contributed by atoms with Gasteiger partial charge >= 0.3 is 0 Å². The number of hydrogen-bond acceptors (Lipinski definition) is 3. The molecule has 2 aliphatic rings. The van der Waals surface area contributed by atoms with E-state index in [1.165, 1.54) is 5.56 Å². The van der Waals surface area contributed by atoms with Gasteiger partial charge in [0.15, 0.2) is 0 Å². The van der Waals surface area contributed by atoms with E-state index >= 15 is 0 Å². The van der Waals surface area contributed by atoms with Crippen LogP contribution in [0.2, 0.25) is 0 Å². The lowest BCUT2D eigenvalue weighted by Crippen LogP contribution is -2.37. The summed E-state index contributed by atoms with van der Waals surface area (Å²) in [6, 6.07) is 16.3. The molecule has 0 N–H and O–H groups in total. The number of carbonyl (C=O) groups excluding carboxylic acids is 2. The summed E-state index contributed by atoms with van der Waals surface area (Å²) in [6.07, 6.45) is 0.300. The van der Waals surface area contributed by atoms with E-state index in [1.54, 1.807) is 16.7 Å². The van der Waals surface area contributed by atoms with Crippen LogP contribution in [0.1, 0.15) is 28.5 Å². The molecule has 0 spiro atoms. The number of hydrogen-bond donors (Lipinski definition) is 0. The van der Waals surface area contributed by atoms with E-state index in [0.717, 1.165) is 29.1 Å². The number of aryl methyl sites for hydroxylation is 2. The van der Waals surface area contributed by atoms with Gasteiger partial charge in [0.1, 0.15) is 5.37 Å². The molecule has 27 heavy (non-hydrogen) atoms. The smallest absolute Gasteiger partial charge is 0.229 e. The maximum absolute atomic E-state index is 13.2. The standard InChI is InChI=1S/C22H24N2O2S/c1-15-3-7-17(8-4-15)22-23(11-12-27-22)21(26)18-13-20(25)24(14-18)19-9-5-16(2)6-10-19/h3-10,18,22H,11-14H2,1-2H3. The summed E-state index contributed by atoms with van der Waals surface area (Å²) in [5, 5.41) is 0.0571. The van der Waals surface area contributed by atoms with Crippen molar-refractivity contribution in [2.24, 2.45) is 5.92 Å². The molecule has 2 amide bonds. The van der Waals surface area contributed by atoms with E-state index in [1.807, 2.05) is 36.1 Å². The molecule has 2 heterocycles. The fourth-order valence-electron chi connectivity index (χ4n) is 3.78. The van der Waals surface area contributed by atoms with Gasteiger partial charge in [0.05, 0.1) is 5.92 Å². The van der Waals surface area contributed by atoms with E-state index in [4.69, 9.17) is 0 Å². The van der Waals surface area contributed by atoms with Crippen molar-refractivity contribution >= 4 is 29.3 Å². The fraction of sp³-hybridized carbons (Fsp3) is 0.364. The zero-order valence-corrected chi connectivity index (χ0v) is 16.5. The predicted molar refractivity (Wildman–Crippen MR) is 110 cm³/mol. The molecule has 2 aromatic rings. The van der Waals surface area contributed by atoms with E-state index in [-0.39, 0.29) is 23.1 Å². The molecule has 2 saturated heterocycles. The van der Waals surface area contributed by atoms with Gasteiger partial charge in [-0.2, -0.15) is 0 Å². The second kappa shape index (κ2) is 7.39. The first-order valence-corrected chi connectivity index (χ1v) is 10.4. The normalized spacial score (nSPS) is 22.5. The summed E-state index contributed by atoms with van der Waals surface area (Å²) in [4.78, 5) is 29.5. The van der Waals surface area contributed by atoms with Crippen LogP contribution in [0.4, 0.5) is 5.69 Å². The first-order chi connectivity index (χ1) is 13.0. The molecule has 2 aromatic carbocycles. The third-order valence-electron chi connectivity index (χ3n) is 5.36. The van der Waals surface area contributed by atoms with Gasteiger partial charge in [-0.25, -0.2) is 0 Å². The van der Waals surface area contributed by atoms with Crippen molar-refractivity contribution in [3.05, 3.63) is 65.2 Å². The lowest BCUT2D eigenvalue weighted by molar-refractivity contribution is -0.136. The summed E-state index contributed by atoms with van der Waals surface area (Å²) in [5.74, 6) is 0.821. The lowest BCUT2D eigenvalue weighted by Gasteiger charge is -2.27. The van der Waals surface area contributed by atoms with Gasteiger partial charge in [-0.05, 0) is 31.5 Å². The molecule has 2 aliphatic heterocycles.